The van der Waals surface area contributed by atoms with Crippen molar-refractivity contribution >= 4 is 45.0 Å². The van der Waals surface area contributed by atoms with Crippen LogP contribution in [-0.2, 0) is 0 Å². The highest BCUT2D eigenvalue weighted by atomic mass is 79.9. The Morgan fingerprint density at radius 3 is 2.84 bits per heavy atom. The van der Waals surface area contributed by atoms with Gasteiger partial charge >= 0.3 is 0 Å². The van der Waals surface area contributed by atoms with Crippen molar-refractivity contribution in [2.45, 2.75) is 31.7 Å². The van der Waals surface area contributed by atoms with E-state index in [2.05, 4.69) is 15.9 Å². The molecule has 1 heterocycles. The quantitative estimate of drug-likeness (QED) is 0.695. The molecule has 2 nitrogen and oxygen atoms in total. The summed E-state index contributed by atoms with van der Waals surface area (Å²) in [5.41, 5.74) is 0.660. The van der Waals surface area contributed by atoms with E-state index >= 15 is 0 Å². The maximum absolute atomic E-state index is 12.6. The molecule has 1 aliphatic rings. The lowest BCUT2D eigenvalue weighted by atomic mass is 10.1. The number of hydrogen-bond acceptors (Lipinski definition) is 1. The Hall–Kier alpha value is -0.250. The van der Waals surface area contributed by atoms with E-state index in [0.29, 0.717) is 16.5 Å². The highest BCUT2D eigenvalue weighted by Crippen LogP contribution is 2.26. The summed E-state index contributed by atoms with van der Waals surface area (Å²) < 4.78 is 0.747. The van der Waals surface area contributed by atoms with Crippen molar-refractivity contribution in [3.8, 4) is 0 Å². The lowest BCUT2D eigenvalue weighted by Crippen LogP contribution is -2.41. The zero-order valence-corrected chi connectivity index (χ0v) is 13.6. The fraction of sp³-hybridized carbons (Fsp3) is 0.500. The fourth-order valence-electron chi connectivity index (χ4n) is 2.40. The summed E-state index contributed by atoms with van der Waals surface area (Å²) in [6.45, 7) is 0.788. The lowest BCUT2D eigenvalue weighted by molar-refractivity contribution is 0.0700. The van der Waals surface area contributed by atoms with Crippen LogP contribution in [0, 0.1) is 0 Å². The van der Waals surface area contributed by atoms with E-state index < -0.39 is 0 Å². The van der Waals surface area contributed by atoms with E-state index in [1.165, 1.54) is 6.42 Å². The Kier molecular flexibility index (Phi) is 5.55. The van der Waals surface area contributed by atoms with Crippen LogP contribution in [0.15, 0.2) is 22.7 Å². The number of alkyl halides is 1. The monoisotopic (exact) mass is 363 g/mol. The molecule has 0 radical (unpaired) electrons. The SMILES string of the molecule is O=C(c1ccc(Cl)c(Br)c1)N1CCCCCC1CCl. The van der Waals surface area contributed by atoms with Gasteiger partial charge in [-0.1, -0.05) is 24.4 Å². The molecule has 5 heteroatoms. The van der Waals surface area contributed by atoms with Crippen LogP contribution in [-0.4, -0.2) is 29.3 Å². The van der Waals surface area contributed by atoms with Gasteiger partial charge in [0.15, 0.2) is 0 Å². The molecule has 19 heavy (non-hydrogen) atoms. The van der Waals surface area contributed by atoms with Crippen LogP contribution < -0.4 is 0 Å². The van der Waals surface area contributed by atoms with Crippen LogP contribution in [0.5, 0.6) is 0 Å². The van der Waals surface area contributed by atoms with Crippen molar-refractivity contribution in [1.29, 1.82) is 0 Å². The summed E-state index contributed by atoms with van der Waals surface area (Å²) in [6.07, 6.45) is 4.35. The molecule has 104 valence electrons. The largest absolute Gasteiger partial charge is 0.334 e. The topological polar surface area (TPSA) is 20.3 Å². The maximum Gasteiger partial charge on any atom is 0.254 e. The molecule has 1 saturated heterocycles. The zero-order valence-electron chi connectivity index (χ0n) is 10.5. The molecule has 1 unspecified atom stereocenters. The molecule has 1 amide bonds. The van der Waals surface area contributed by atoms with Gasteiger partial charge in [0, 0.05) is 28.5 Å². The minimum atomic E-state index is 0.0462. The van der Waals surface area contributed by atoms with Crippen LogP contribution in [0.3, 0.4) is 0 Å². The molecule has 0 saturated carbocycles. The predicted octanol–water partition coefficient (Wildman–Crippen LogP) is 4.73. The predicted molar refractivity (Wildman–Crippen MR) is 83.2 cm³/mol. The van der Waals surface area contributed by atoms with Gasteiger partial charge in [-0.2, -0.15) is 0 Å². The summed E-state index contributed by atoms with van der Waals surface area (Å²) in [5, 5.41) is 0.612. The number of likely N-dealkylation sites (tertiary alicyclic amines) is 1. The van der Waals surface area contributed by atoms with E-state index in [9.17, 15) is 4.79 Å². The van der Waals surface area contributed by atoms with E-state index in [1.54, 1.807) is 18.2 Å². The van der Waals surface area contributed by atoms with Crippen molar-refractivity contribution < 1.29 is 4.79 Å². The molecule has 2 rings (SSSR count). The number of hydrogen-bond donors (Lipinski definition) is 0. The van der Waals surface area contributed by atoms with Crippen LogP contribution >= 0.6 is 39.1 Å². The van der Waals surface area contributed by atoms with Gasteiger partial charge < -0.3 is 4.90 Å². The number of halogens is 3. The van der Waals surface area contributed by atoms with Gasteiger partial charge in [0.1, 0.15) is 0 Å². The van der Waals surface area contributed by atoms with Crippen molar-refractivity contribution in [2.75, 3.05) is 12.4 Å². The van der Waals surface area contributed by atoms with E-state index in [1.807, 2.05) is 4.90 Å². The number of rotatable bonds is 2. The standard InChI is InChI=1S/C14H16BrCl2NO/c15-12-8-10(5-6-13(12)17)14(19)18-7-3-1-2-4-11(18)9-16/h5-6,8,11H,1-4,7,9H2. The highest BCUT2D eigenvalue weighted by Gasteiger charge is 2.25. The molecule has 0 spiro atoms. The minimum absolute atomic E-state index is 0.0462. The highest BCUT2D eigenvalue weighted by molar-refractivity contribution is 9.10. The van der Waals surface area contributed by atoms with Crippen molar-refractivity contribution in [3.63, 3.8) is 0 Å². The van der Waals surface area contributed by atoms with Gasteiger partial charge in [0.2, 0.25) is 0 Å². The lowest BCUT2D eigenvalue weighted by Gasteiger charge is -2.28. The van der Waals surface area contributed by atoms with Gasteiger partial charge in [-0.15, -0.1) is 11.6 Å². The Labute approximate surface area is 132 Å². The van der Waals surface area contributed by atoms with E-state index in [0.717, 1.165) is 30.3 Å². The normalized spacial score (nSPS) is 20.2. The van der Waals surface area contributed by atoms with E-state index in [-0.39, 0.29) is 11.9 Å². The molecule has 1 aliphatic heterocycles. The molecular formula is C14H16BrCl2NO. The third-order valence-corrected chi connectivity index (χ3v) is 5.05. The fourth-order valence-corrected chi connectivity index (χ4v) is 3.22. The third kappa shape index (κ3) is 3.65. The first kappa shape index (κ1) is 15.1. The number of nitrogens with zero attached hydrogens (tertiary/aromatic N) is 1. The first-order chi connectivity index (χ1) is 9.13. The first-order valence-corrected chi connectivity index (χ1v) is 8.16. The van der Waals surface area contributed by atoms with Crippen LogP contribution in [0.1, 0.15) is 36.0 Å². The molecule has 1 fully saturated rings. The van der Waals surface area contributed by atoms with Crippen molar-refractivity contribution in [3.05, 3.63) is 33.3 Å². The summed E-state index contributed by atoms with van der Waals surface area (Å²) in [5.74, 6) is 0.547. The van der Waals surface area contributed by atoms with Crippen molar-refractivity contribution in [1.82, 2.24) is 4.90 Å². The molecule has 0 aliphatic carbocycles. The summed E-state index contributed by atoms with van der Waals surface area (Å²) in [7, 11) is 0. The Balaban J connectivity index is 2.22. The number of carbonyl (C=O) groups is 1. The molecular weight excluding hydrogens is 349 g/mol. The zero-order chi connectivity index (χ0) is 13.8. The second-order valence-corrected chi connectivity index (χ2v) is 6.36. The summed E-state index contributed by atoms with van der Waals surface area (Å²) >= 11 is 15.3. The second kappa shape index (κ2) is 6.96. The van der Waals surface area contributed by atoms with Crippen LogP contribution in [0.25, 0.3) is 0 Å². The average molecular weight is 365 g/mol. The summed E-state index contributed by atoms with van der Waals surface area (Å²) in [4.78, 5) is 14.5. The van der Waals surface area contributed by atoms with Gasteiger partial charge in [0.05, 0.1) is 5.02 Å². The number of amides is 1. The van der Waals surface area contributed by atoms with Crippen LogP contribution in [0.4, 0.5) is 0 Å². The van der Waals surface area contributed by atoms with E-state index in [4.69, 9.17) is 23.2 Å². The van der Waals surface area contributed by atoms with Crippen molar-refractivity contribution in [2.24, 2.45) is 0 Å². The third-order valence-electron chi connectivity index (χ3n) is 3.48. The van der Waals surface area contributed by atoms with Gasteiger partial charge in [-0.3, -0.25) is 4.79 Å². The summed E-state index contributed by atoms with van der Waals surface area (Å²) in [6, 6.07) is 5.44. The molecule has 1 atom stereocenters. The number of carbonyl (C=O) groups excluding carboxylic acids is 1. The Morgan fingerprint density at radius 2 is 2.16 bits per heavy atom. The second-order valence-electron chi connectivity index (χ2n) is 4.78. The van der Waals surface area contributed by atoms with Crippen LogP contribution in [0.2, 0.25) is 5.02 Å². The smallest absolute Gasteiger partial charge is 0.254 e. The van der Waals surface area contributed by atoms with Gasteiger partial charge in [0.25, 0.3) is 5.91 Å². The minimum Gasteiger partial charge on any atom is -0.334 e. The number of benzene rings is 1. The maximum atomic E-state index is 12.6. The molecule has 1 aromatic rings. The van der Waals surface area contributed by atoms with Gasteiger partial charge in [-0.25, -0.2) is 0 Å². The molecule has 0 bridgehead atoms. The molecule has 0 N–H and O–H groups in total. The van der Waals surface area contributed by atoms with Gasteiger partial charge in [-0.05, 0) is 47.0 Å². The average Bonchev–Trinajstić information content (AvgIpc) is 2.66. The first-order valence-electron chi connectivity index (χ1n) is 6.45. The molecule has 1 aromatic carbocycles. The Morgan fingerprint density at radius 1 is 1.37 bits per heavy atom. The molecule has 0 aromatic heterocycles. The Bertz CT molecular complexity index is 467.